The fourth-order valence-corrected chi connectivity index (χ4v) is 0.102. The molecule has 0 aliphatic carbocycles. The Labute approximate surface area is 114 Å². The molecule has 0 heterocycles. The fraction of sp³-hybridized carbons (Fsp3) is 0.429. The summed E-state index contributed by atoms with van der Waals surface area (Å²) in [6.45, 7) is 9.89. The number of carbonyl (C=O) groups excluding carboxylic acids is 1. The number of methoxy groups -OCH3 is 1. The maximum atomic E-state index is 9.90. The van der Waals surface area contributed by atoms with E-state index in [1.54, 1.807) is 0 Å². The molecule has 0 aliphatic heterocycles. The molecule has 0 unspecified atom stereocenters. The van der Waals surface area contributed by atoms with E-state index in [0.29, 0.717) is 0 Å². The molecule has 0 aromatic heterocycles. The number of esters is 1. The monoisotopic (exact) mass is 417 g/mol. The first kappa shape index (κ1) is 23.2. The van der Waals surface area contributed by atoms with Gasteiger partial charge in [0, 0.05) is 53.8 Å². The molecule has 0 fully saturated rings. The summed E-state index contributed by atoms with van der Waals surface area (Å²) in [5.74, 6) is -0.269. The smallest absolute Gasteiger partial charge is 0.275 e. The number of rotatable bonds is 1. The van der Waals surface area contributed by atoms with Crippen molar-refractivity contribution in [2.45, 2.75) is 12.5 Å². The Kier molecular flexibility index (Phi) is 35.0. The van der Waals surface area contributed by atoms with Gasteiger partial charge in [0.15, 0.2) is 0 Å². The van der Waals surface area contributed by atoms with E-state index in [0.717, 1.165) is 0 Å². The summed E-state index contributed by atoms with van der Waals surface area (Å²) in [5, 5.41) is 0. The SMILES string of the molecule is [CH2-]C([CH2-])N.[CH2-]CC(=O)OC.[W].[Y]. The maximum absolute atomic E-state index is 9.90. The van der Waals surface area contributed by atoms with Crippen molar-refractivity contribution < 1.29 is 63.3 Å². The molecule has 0 saturated heterocycles. The Balaban J connectivity index is -0.0000000483. The molecule has 3 nitrogen and oxygen atoms in total. The third-order valence-electron chi connectivity index (χ3n) is 0.432. The Morgan fingerprint density at radius 1 is 1.58 bits per heavy atom. The zero-order valence-corrected chi connectivity index (χ0v) is 13.1. The largest absolute Gasteiger partial charge is 0.471 e. The summed E-state index contributed by atoms with van der Waals surface area (Å²) >= 11 is 0. The molecular formula is C7H14NO2WY-3. The summed E-state index contributed by atoms with van der Waals surface area (Å²) in [7, 11) is 1.34. The molecule has 0 aromatic carbocycles. The Morgan fingerprint density at radius 3 is 1.83 bits per heavy atom. The topological polar surface area (TPSA) is 52.3 Å². The third kappa shape index (κ3) is 43.0. The van der Waals surface area contributed by atoms with Crippen LogP contribution in [0.5, 0.6) is 0 Å². The van der Waals surface area contributed by atoms with Crippen molar-refractivity contribution in [1.29, 1.82) is 0 Å². The van der Waals surface area contributed by atoms with Gasteiger partial charge in [0.05, 0.1) is 7.11 Å². The van der Waals surface area contributed by atoms with Crippen LogP contribution in [0, 0.1) is 20.8 Å². The molecule has 0 aliphatic rings. The van der Waals surface area contributed by atoms with Crippen LogP contribution in [0.1, 0.15) is 6.42 Å². The summed E-state index contributed by atoms with van der Waals surface area (Å²) in [6, 6.07) is -0.167. The standard InChI is InChI=1S/C4H7O2.C3H7N.W.Y/c1-3-4(5)6-2;1-3(2)4;;/h1,3H2,2H3;3H,1-2,4H2;;/q-1;-2;;. The average molecular weight is 417 g/mol. The molecule has 0 atom stereocenters. The van der Waals surface area contributed by atoms with Gasteiger partial charge in [-0.1, -0.05) is 6.42 Å². The molecule has 0 saturated carbocycles. The minimum Gasteiger partial charge on any atom is -0.471 e. The Bertz CT molecular complexity index is 82.7. The van der Waals surface area contributed by atoms with E-state index < -0.39 is 0 Å². The second kappa shape index (κ2) is 18.1. The van der Waals surface area contributed by atoms with Crippen molar-refractivity contribution in [3.05, 3.63) is 20.8 Å². The molecule has 5 heteroatoms. The first-order chi connectivity index (χ1) is 4.54. The second-order valence-electron chi connectivity index (χ2n) is 1.59. The van der Waals surface area contributed by atoms with Crippen LogP contribution in [0.15, 0.2) is 0 Å². The number of nitrogens with two attached hydrogens (primary N) is 1. The molecule has 0 aromatic rings. The summed E-state index contributed by atoms with van der Waals surface area (Å²) in [4.78, 5) is 9.90. The van der Waals surface area contributed by atoms with Crippen LogP contribution >= 0.6 is 0 Å². The minimum atomic E-state index is -0.269. The fourth-order valence-electron chi connectivity index (χ4n) is 0.102. The van der Waals surface area contributed by atoms with Gasteiger partial charge < -0.3 is 31.2 Å². The first-order valence-electron chi connectivity index (χ1n) is 2.82. The maximum Gasteiger partial charge on any atom is 0.275 e. The third-order valence-corrected chi connectivity index (χ3v) is 0.432. The number of ether oxygens (including phenoxy) is 1. The van der Waals surface area contributed by atoms with Gasteiger partial charge in [0.25, 0.3) is 5.97 Å². The van der Waals surface area contributed by atoms with E-state index in [1.165, 1.54) is 7.11 Å². The van der Waals surface area contributed by atoms with Crippen LogP contribution in [-0.4, -0.2) is 19.1 Å². The van der Waals surface area contributed by atoms with Gasteiger partial charge in [0.1, 0.15) is 0 Å². The quantitative estimate of drug-likeness (QED) is 0.496. The normalized spacial score (nSPS) is 6.83. The van der Waals surface area contributed by atoms with Gasteiger partial charge >= 0.3 is 0 Å². The molecule has 2 N–H and O–H groups in total. The predicted octanol–water partition coefficient (Wildman–Crippen LogP) is 0.360. The van der Waals surface area contributed by atoms with Crippen molar-refractivity contribution >= 4 is 5.97 Å². The Hall–Kier alpha value is 1.22. The van der Waals surface area contributed by atoms with E-state index in [4.69, 9.17) is 5.73 Å². The second-order valence-corrected chi connectivity index (χ2v) is 1.59. The molecule has 0 bridgehead atoms. The number of hydrogen-bond acceptors (Lipinski definition) is 3. The molecule has 71 valence electrons. The average Bonchev–Trinajstić information content (AvgIpc) is 1.85. The van der Waals surface area contributed by atoms with Crippen LogP contribution in [0.25, 0.3) is 0 Å². The molecule has 1 radical (unpaired) electrons. The summed E-state index contributed by atoms with van der Waals surface area (Å²) in [5.41, 5.74) is 4.89. The summed E-state index contributed by atoms with van der Waals surface area (Å²) < 4.78 is 4.20. The van der Waals surface area contributed by atoms with E-state index in [9.17, 15) is 4.79 Å². The van der Waals surface area contributed by atoms with Crippen molar-refractivity contribution in [2.24, 2.45) is 5.73 Å². The first-order valence-corrected chi connectivity index (χ1v) is 2.82. The van der Waals surface area contributed by atoms with Crippen molar-refractivity contribution in [3.63, 3.8) is 0 Å². The van der Waals surface area contributed by atoms with Gasteiger partial charge in [-0.15, -0.1) is 0 Å². The van der Waals surface area contributed by atoms with Crippen LogP contribution in [0.3, 0.4) is 0 Å². The Morgan fingerprint density at radius 2 is 1.83 bits per heavy atom. The van der Waals surface area contributed by atoms with Crippen LogP contribution in [0.2, 0.25) is 0 Å². The van der Waals surface area contributed by atoms with E-state index >= 15 is 0 Å². The zero-order valence-electron chi connectivity index (χ0n) is 7.29. The number of carbonyl (C=O) groups is 1. The van der Waals surface area contributed by atoms with Gasteiger partial charge in [-0.3, -0.25) is 10.8 Å². The molecule has 0 amide bonds. The molecular weight excluding hydrogens is 403 g/mol. The van der Waals surface area contributed by atoms with E-state index in [1.807, 2.05) is 0 Å². The van der Waals surface area contributed by atoms with Crippen LogP contribution in [0.4, 0.5) is 0 Å². The predicted molar refractivity (Wildman–Crippen MR) is 40.7 cm³/mol. The number of hydrogen-bond donors (Lipinski definition) is 1. The molecule has 0 rings (SSSR count). The van der Waals surface area contributed by atoms with Gasteiger partial charge in [-0.2, -0.15) is 0 Å². The molecule has 0 spiro atoms. The van der Waals surface area contributed by atoms with E-state index in [2.05, 4.69) is 25.5 Å². The summed E-state index contributed by atoms with van der Waals surface area (Å²) in [6.07, 6.45) is 0.219. The van der Waals surface area contributed by atoms with Crippen molar-refractivity contribution in [2.75, 3.05) is 7.11 Å². The molecule has 12 heavy (non-hydrogen) atoms. The zero-order chi connectivity index (χ0) is 8.57. The van der Waals surface area contributed by atoms with Crippen molar-refractivity contribution in [3.8, 4) is 0 Å². The van der Waals surface area contributed by atoms with Gasteiger partial charge in [-0.05, 0) is 0 Å². The van der Waals surface area contributed by atoms with Gasteiger partial charge in [-0.25, -0.2) is 0 Å². The van der Waals surface area contributed by atoms with Crippen molar-refractivity contribution in [1.82, 2.24) is 0 Å². The van der Waals surface area contributed by atoms with Crippen LogP contribution in [-0.2, 0) is 63.3 Å². The van der Waals surface area contributed by atoms with E-state index in [-0.39, 0.29) is 72.2 Å². The minimum absolute atomic E-state index is 0. The van der Waals surface area contributed by atoms with Gasteiger partial charge in [0.2, 0.25) is 0 Å². The van der Waals surface area contributed by atoms with Crippen LogP contribution < -0.4 is 5.73 Å².